The molecule has 3 N–H and O–H groups in total. The lowest BCUT2D eigenvalue weighted by molar-refractivity contribution is 0.816. The number of hydrogen-bond acceptors (Lipinski definition) is 4. The van der Waals surface area contributed by atoms with Crippen molar-refractivity contribution in [3.8, 4) is 0 Å². The van der Waals surface area contributed by atoms with Gasteiger partial charge in [0.05, 0.1) is 5.02 Å². The number of nitrogen functional groups attached to an aromatic ring is 1. The second-order valence-electron chi connectivity index (χ2n) is 4.08. The summed E-state index contributed by atoms with van der Waals surface area (Å²) >= 11 is 7.42. The third-order valence-corrected chi connectivity index (χ3v) is 3.83. The summed E-state index contributed by atoms with van der Waals surface area (Å²) in [7, 11) is 0. The molecule has 2 aromatic rings. The van der Waals surface area contributed by atoms with Crippen LogP contribution in [0.15, 0.2) is 39.1 Å². The van der Waals surface area contributed by atoms with Crippen LogP contribution in [0.1, 0.15) is 19.0 Å². The van der Waals surface area contributed by atoms with Crippen LogP contribution in [0.5, 0.6) is 0 Å². The zero-order valence-corrected chi connectivity index (χ0v) is 12.0. The normalized spacial score (nSPS) is 10.6. The van der Waals surface area contributed by atoms with Gasteiger partial charge in [-0.25, -0.2) is 4.98 Å². The molecule has 0 aliphatic rings. The summed E-state index contributed by atoms with van der Waals surface area (Å²) in [5, 5.41) is 1.09. The summed E-state index contributed by atoms with van der Waals surface area (Å²) in [5.74, 6) is 0. The van der Waals surface area contributed by atoms with Gasteiger partial charge in [-0.15, -0.1) is 0 Å². The fraction of sp³-hybridized carbons (Fsp3) is 0.231. The maximum Gasteiger partial charge on any atom is 0.251 e. The minimum absolute atomic E-state index is 0.146. The number of aryl methyl sites for hydroxylation is 1. The Morgan fingerprint density at radius 2 is 2.21 bits per heavy atom. The summed E-state index contributed by atoms with van der Waals surface area (Å²) in [5.41, 5.74) is 6.89. The number of aromatic amines is 1. The number of nitrogens with one attached hydrogen (secondary N) is 1. The molecule has 0 aliphatic carbocycles. The highest BCUT2D eigenvalue weighted by molar-refractivity contribution is 7.99. The molecule has 100 valence electrons. The molecule has 0 aliphatic heterocycles. The fourth-order valence-corrected chi connectivity index (χ4v) is 2.74. The first-order valence-electron chi connectivity index (χ1n) is 5.91. The predicted octanol–water partition coefficient (Wildman–Crippen LogP) is 3.11. The van der Waals surface area contributed by atoms with E-state index in [-0.39, 0.29) is 5.56 Å². The second kappa shape index (κ2) is 6.12. The highest BCUT2D eigenvalue weighted by Gasteiger charge is 2.07. The molecular weight excluding hydrogens is 282 g/mol. The van der Waals surface area contributed by atoms with Gasteiger partial charge in [0.1, 0.15) is 0 Å². The Morgan fingerprint density at radius 1 is 1.42 bits per heavy atom. The lowest BCUT2D eigenvalue weighted by Crippen LogP contribution is -2.09. The Balaban J connectivity index is 2.30. The molecule has 0 unspecified atom stereocenters. The van der Waals surface area contributed by atoms with Crippen molar-refractivity contribution < 1.29 is 0 Å². The number of aromatic nitrogens is 2. The van der Waals surface area contributed by atoms with E-state index in [0.29, 0.717) is 15.9 Å². The summed E-state index contributed by atoms with van der Waals surface area (Å²) in [6, 6.07) is 6.78. The van der Waals surface area contributed by atoms with Crippen LogP contribution in [0, 0.1) is 0 Å². The zero-order chi connectivity index (χ0) is 13.8. The van der Waals surface area contributed by atoms with Crippen molar-refractivity contribution >= 4 is 29.1 Å². The van der Waals surface area contributed by atoms with Gasteiger partial charge in [-0.3, -0.25) is 4.79 Å². The summed E-state index contributed by atoms with van der Waals surface area (Å²) in [6.07, 6.45) is 1.73. The standard InChI is InChI=1S/C13H14ClN3OS/c1-2-3-9-7-12(18)17-13(16-9)19-11-5-4-8(15)6-10(11)14/h4-7H,2-3,15H2,1H3,(H,16,17,18). The van der Waals surface area contributed by atoms with Crippen molar-refractivity contribution in [1.29, 1.82) is 0 Å². The quantitative estimate of drug-likeness (QED) is 0.671. The first kappa shape index (κ1) is 14.0. The Morgan fingerprint density at radius 3 is 2.89 bits per heavy atom. The molecule has 0 radical (unpaired) electrons. The van der Waals surface area contributed by atoms with Crippen LogP contribution < -0.4 is 11.3 Å². The monoisotopic (exact) mass is 295 g/mol. The van der Waals surface area contributed by atoms with E-state index in [9.17, 15) is 4.79 Å². The summed E-state index contributed by atoms with van der Waals surface area (Å²) in [6.45, 7) is 2.05. The zero-order valence-electron chi connectivity index (χ0n) is 10.4. The van der Waals surface area contributed by atoms with Crippen LogP contribution in [0.3, 0.4) is 0 Å². The van der Waals surface area contributed by atoms with Crippen molar-refractivity contribution in [3.63, 3.8) is 0 Å². The van der Waals surface area contributed by atoms with Crippen LogP contribution in [-0.4, -0.2) is 9.97 Å². The van der Waals surface area contributed by atoms with Crippen molar-refractivity contribution in [2.24, 2.45) is 0 Å². The minimum atomic E-state index is -0.146. The van der Waals surface area contributed by atoms with E-state index in [1.54, 1.807) is 12.1 Å². The van der Waals surface area contributed by atoms with Crippen molar-refractivity contribution in [2.75, 3.05) is 5.73 Å². The maximum atomic E-state index is 11.6. The molecule has 0 bridgehead atoms. The summed E-state index contributed by atoms with van der Waals surface area (Å²) in [4.78, 5) is 19.5. The van der Waals surface area contributed by atoms with E-state index in [4.69, 9.17) is 17.3 Å². The molecule has 0 amide bonds. The first-order chi connectivity index (χ1) is 9.08. The third kappa shape index (κ3) is 3.75. The van der Waals surface area contributed by atoms with Crippen LogP contribution in [-0.2, 0) is 6.42 Å². The average molecular weight is 296 g/mol. The van der Waals surface area contributed by atoms with Gasteiger partial charge in [-0.05, 0) is 24.6 Å². The number of benzene rings is 1. The van der Waals surface area contributed by atoms with Gasteiger partial charge in [0, 0.05) is 22.3 Å². The van der Waals surface area contributed by atoms with Crippen LogP contribution in [0.2, 0.25) is 5.02 Å². The number of anilines is 1. The van der Waals surface area contributed by atoms with Gasteiger partial charge in [-0.1, -0.05) is 36.7 Å². The van der Waals surface area contributed by atoms with Crippen molar-refractivity contribution in [1.82, 2.24) is 9.97 Å². The fourth-order valence-electron chi connectivity index (χ4n) is 1.62. The molecule has 1 aromatic carbocycles. The SMILES string of the molecule is CCCc1cc(=O)[nH]c(Sc2ccc(N)cc2Cl)n1. The van der Waals surface area contributed by atoms with E-state index in [2.05, 4.69) is 9.97 Å². The Bertz CT molecular complexity index is 642. The Hall–Kier alpha value is -1.46. The molecule has 2 rings (SSSR count). The third-order valence-electron chi connectivity index (χ3n) is 2.44. The van der Waals surface area contributed by atoms with E-state index in [1.165, 1.54) is 17.8 Å². The maximum absolute atomic E-state index is 11.6. The van der Waals surface area contributed by atoms with E-state index in [0.717, 1.165) is 23.4 Å². The van der Waals surface area contributed by atoms with Crippen molar-refractivity contribution in [3.05, 3.63) is 45.3 Å². The average Bonchev–Trinajstić information content (AvgIpc) is 2.32. The molecular formula is C13H14ClN3OS. The molecule has 0 saturated heterocycles. The number of nitrogens with zero attached hydrogens (tertiary/aromatic N) is 1. The Kier molecular flexibility index (Phi) is 4.50. The molecule has 0 spiro atoms. The smallest absolute Gasteiger partial charge is 0.251 e. The van der Waals surface area contributed by atoms with Gasteiger partial charge < -0.3 is 10.7 Å². The van der Waals surface area contributed by atoms with E-state index in [1.807, 2.05) is 13.0 Å². The molecule has 4 nitrogen and oxygen atoms in total. The topological polar surface area (TPSA) is 71.8 Å². The van der Waals surface area contributed by atoms with Gasteiger partial charge in [0.25, 0.3) is 5.56 Å². The van der Waals surface area contributed by atoms with Crippen molar-refractivity contribution in [2.45, 2.75) is 29.8 Å². The molecule has 0 fully saturated rings. The molecule has 19 heavy (non-hydrogen) atoms. The number of nitrogens with two attached hydrogens (primary N) is 1. The van der Waals surface area contributed by atoms with E-state index < -0.39 is 0 Å². The number of rotatable bonds is 4. The Labute approximate surface area is 120 Å². The van der Waals surface area contributed by atoms with E-state index >= 15 is 0 Å². The molecule has 6 heteroatoms. The molecule has 0 saturated carbocycles. The minimum Gasteiger partial charge on any atom is -0.399 e. The highest BCUT2D eigenvalue weighted by atomic mass is 35.5. The largest absolute Gasteiger partial charge is 0.399 e. The lowest BCUT2D eigenvalue weighted by Gasteiger charge is -2.05. The second-order valence-corrected chi connectivity index (χ2v) is 5.52. The highest BCUT2D eigenvalue weighted by Crippen LogP contribution is 2.32. The summed E-state index contributed by atoms with van der Waals surface area (Å²) < 4.78 is 0. The number of H-pyrrole nitrogens is 1. The number of halogens is 1. The lowest BCUT2D eigenvalue weighted by atomic mass is 10.2. The van der Waals surface area contributed by atoms with Gasteiger partial charge >= 0.3 is 0 Å². The first-order valence-corrected chi connectivity index (χ1v) is 7.11. The van der Waals surface area contributed by atoms with Gasteiger partial charge in [0.15, 0.2) is 5.16 Å². The van der Waals surface area contributed by atoms with Crippen LogP contribution >= 0.6 is 23.4 Å². The van der Waals surface area contributed by atoms with Gasteiger partial charge in [-0.2, -0.15) is 0 Å². The molecule has 1 aromatic heterocycles. The van der Waals surface area contributed by atoms with Gasteiger partial charge in [0.2, 0.25) is 0 Å². The van der Waals surface area contributed by atoms with Crippen LogP contribution in [0.4, 0.5) is 5.69 Å². The predicted molar refractivity (Wildman–Crippen MR) is 78.8 cm³/mol. The molecule has 1 heterocycles. The van der Waals surface area contributed by atoms with Crippen LogP contribution in [0.25, 0.3) is 0 Å². The number of hydrogen-bond donors (Lipinski definition) is 2. The molecule has 0 atom stereocenters.